The number of imidazole rings is 1. The fourth-order valence-corrected chi connectivity index (χ4v) is 1.69. The van der Waals surface area contributed by atoms with E-state index in [1.165, 1.54) is 0 Å². The van der Waals surface area contributed by atoms with Crippen LogP contribution >= 0.6 is 0 Å². The predicted molar refractivity (Wildman–Crippen MR) is 66.8 cm³/mol. The van der Waals surface area contributed by atoms with Gasteiger partial charge in [-0.3, -0.25) is 0 Å². The first kappa shape index (κ1) is 11.6. The van der Waals surface area contributed by atoms with Crippen LogP contribution in [0.5, 0.6) is 0 Å². The molecule has 90 valence electrons. The van der Waals surface area contributed by atoms with Crippen molar-refractivity contribution in [3.05, 3.63) is 36.2 Å². The molecule has 2 aromatic rings. The van der Waals surface area contributed by atoms with Gasteiger partial charge in [-0.25, -0.2) is 15.0 Å². The Morgan fingerprint density at radius 3 is 2.65 bits per heavy atom. The summed E-state index contributed by atoms with van der Waals surface area (Å²) in [6, 6.07) is 1.97. The van der Waals surface area contributed by atoms with E-state index in [4.69, 9.17) is 0 Å². The average molecular weight is 231 g/mol. The number of aromatic nitrogens is 4. The van der Waals surface area contributed by atoms with Gasteiger partial charge in [0.25, 0.3) is 0 Å². The molecule has 0 aliphatic carbocycles. The molecule has 1 N–H and O–H groups in total. The lowest BCUT2D eigenvalue weighted by molar-refractivity contribution is 0.659. The van der Waals surface area contributed by atoms with E-state index in [2.05, 4.69) is 24.8 Å². The van der Waals surface area contributed by atoms with Gasteiger partial charge in [0.05, 0.1) is 6.33 Å². The highest BCUT2D eigenvalue weighted by molar-refractivity contribution is 5.27. The Bertz CT molecular complexity index is 444. The molecule has 17 heavy (non-hydrogen) atoms. The fraction of sp³-hybridized carbons (Fsp3) is 0.417. The predicted octanol–water partition coefficient (Wildman–Crippen LogP) is 1.79. The van der Waals surface area contributed by atoms with Gasteiger partial charge < -0.3 is 9.88 Å². The molecule has 2 heterocycles. The van der Waals surface area contributed by atoms with E-state index in [-0.39, 0.29) is 0 Å². The summed E-state index contributed by atoms with van der Waals surface area (Å²) < 4.78 is 2.06. The zero-order chi connectivity index (χ0) is 12.1. The molecular formula is C12H17N5. The quantitative estimate of drug-likeness (QED) is 0.797. The van der Waals surface area contributed by atoms with Gasteiger partial charge in [-0.2, -0.15) is 0 Å². The van der Waals surface area contributed by atoms with E-state index in [0.717, 1.165) is 30.9 Å². The summed E-state index contributed by atoms with van der Waals surface area (Å²) in [6.45, 7) is 5.77. The molecule has 0 atom stereocenters. The van der Waals surface area contributed by atoms with E-state index in [9.17, 15) is 0 Å². The lowest BCUT2D eigenvalue weighted by atomic mass is 10.3. The maximum absolute atomic E-state index is 4.33. The third-order valence-electron chi connectivity index (χ3n) is 2.42. The summed E-state index contributed by atoms with van der Waals surface area (Å²) in [5.41, 5.74) is 1.99. The summed E-state index contributed by atoms with van der Waals surface area (Å²) in [5, 5.41) is 3.23. The third kappa shape index (κ3) is 3.55. The smallest absolute Gasteiger partial charge is 0.223 e. The molecule has 0 bridgehead atoms. The van der Waals surface area contributed by atoms with E-state index < -0.39 is 0 Å². The minimum absolute atomic E-state index is 0.716. The van der Waals surface area contributed by atoms with E-state index in [1.54, 1.807) is 6.20 Å². The van der Waals surface area contributed by atoms with Crippen molar-refractivity contribution in [2.24, 2.45) is 0 Å². The van der Waals surface area contributed by atoms with Crippen LogP contribution in [0.3, 0.4) is 0 Å². The molecule has 5 heteroatoms. The van der Waals surface area contributed by atoms with Crippen LogP contribution in [0.2, 0.25) is 0 Å². The summed E-state index contributed by atoms with van der Waals surface area (Å²) in [5.74, 6) is 0.716. The highest BCUT2D eigenvalue weighted by Crippen LogP contribution is 2.03. The number of hydrogen-bond donors (Lipinski definition) is 1. The molecule has 0 aromatic carbocycles. The Hall–Kier alpha value is -1.91. The second-order valence-electron chi connectivity index (χ2n) is 4.06. The van der Waals surface area contributed by atoms with Crippen LogP contribution in [0.4, 0.5) is 5.95 Å². The van der Waals surface area contributed by atoms with Crippen LogP contribution in [-0.4, -0.2) is 26.1 Å². The van der Waals surface area contributed by atoms with Crippen molar-refractivity contribution in [3.8, 4) is 0 Å². The normalized spacial score (nSPS) is 10.5. The summed E-state index contributed by atoms with van der Waals surface area (Å²) in [4.78, 5) is 12.7. The number of hydrogen-bond acceptors (Lipinski definition) is 4. The zero-order valence-corrected chi connectivity index (χ0v) is 10.2. The maximum Gasteiger partial charge on any atom is 0.223 e. The summed E-state index contributed by atoms with van der Waals surface area (Å²) in [6.07, 6.45) is 6.60. The van der Waals surface area contributed by atoms with E-state index in [0.29, 0.717) is 5.95 Å². The van der Waals surface area contributed by atoms with Crippen molar-refractivity contribution in [1.29, 1.82) is 0 Å². The van der Waals surface area contributed by atoms with Crippen molar-refractivity contribution in [1.82, 2.24) is 19.5 Å². The maximum atomic E-state index is 4.33. The molecule has 2 rings (SSSR count). The summed E-state index contributed by atoms with van der Waals surface area (Å²) in [7, 11) is 0. The van der Waals surface area contributed by atoms with E-state index in [1.807, 2.05) is 32.4 Å². The Morgan fingerprint density at radius 2 is 2.00 bits per heavy atom. The average Bonchev–Trinajstić information content (AvgIpc) is 2.76. The van der Waals surface area contributed by atoms with Crippen molar-refractivity contribution in [3.63, 3.8) is 0 Å². The Balaban J connectivity index is 1.78. The monoisotopic (exact) mass is 231 g/mol. The zero-order valence-electron chi connectivity index (χ0n) is 10.2. The van der Waals surface area contributed by atoms with Crippen LogP contribution < -0.4 is 5.32 Å². The van der Waals surface area contributed by atoms with Crippen LogP contribution in [0.25, 0.3) is 0 Å². The molecule has 0 unspecified atom stereocenters. The topological polar surface area (TPSA) is 55.6 Å². The van der Waals surface area contributed by atoms with Gasteiger partial charge >= 0.3 is 0 Å². The SMILES string of the molecule is Cc1cc(C)nc(NCCCn2ccnc2)n1. The molecule has 0 radical (unpaired) electrons. The molecule has 0 aliphatic rings. The lowest BCUT2D eigenvalue weighted by Gasteiger charge is -2.06. The van der Waals surface area contributed by atoms with Crippen molar-refractivity contribution in [2.75, 3.05) is 11.9 Å². The first-order valence-electron chi connectivity index (χ1n) is 5.76. The molecule has 0 saturated carbocycles. The van der Waals surface area contributed by atoms with Gasteiger partial charge in [0, 0.05) is 36.9 Å². The van der Waals surface area contributed by atoms with Gasteiger partial charge in [0.1, 0.15) is 0 Å². The molecule has 5 nitrogen and oxygen atoms in total. The summed E-state index contributed by atoms with van der Waals surface area (Å²) >= 11 is 0. The molecule has 2 aromatic heterocycles. The van der Waals surface area contributed by atoms with Crippen molar-refractivity contribution >= 4 is 5.95 Å². The van der Waals surface area contributed by atoms with Gasteiger partial charge in [-0.05, 0) is 26.3 Å². The van der Waals surface area contributed by atoms with Crippen LogP contribution in [0.1, 0.15) is 17.8 Å². The van der Waals surface area contributed by atoms with Crippen molar-refractivity contribution < 1.29 is 0 Å². The highest BCUT2D eigenvalue weighted by Gasteiger charge is 1.98. The van der Waals surface area contributed by atoms with Crippen LogP contribution in [-0.2, 0) is 6.54 Å². The van der Waals surface area contributed by atoms with Crippen LogP contribution in [0.15, 0.2) is 24.8 Å². The standard InChI is InChI=1S/C12H17N5/c1-10-8-11(2)16-12(15-10)14-4-3-6-17-7-5-13-9-17/h5,7-9H,3-4,6H2,1-2H3,(H,14,15,16). The molecule has 0 spiro atoms. The minimum Gasteiger partial charge on any atom is -0.354 e. The first-order chi connectivity index (χ1) is 8.24. The van der Waals surface area contributed by atoms with Gasteiger partial charge in [0.15, 0.2) is 0 Å². The third-order valence-corrected chi connectivity index (χ3v) is 2.42. The largest absolute Gasteiger partial charge is 0.354 e. The van der Waals surface area contributed by atoms with E-state index >= 15 is 0 Å². The Labute approximate surface area is 101 Å². The molecule has 0 aliphatic heterocycles. The Morgan fingerprint density at radius 1 is 1.24 bits per heavy atom. The minimum atomic E-state index is 0.716. The number of aryl methyl sites for hydroxylation is 3. The Kier molecular flexibility index (Phi) is 3.69. The molecule has 0 amide bonds. The number of anilines is 1. The molecular weight excluding hydrogens is 214 g/mol. The lowest BCUT2D eigenvalue weighted by Crippen LogP contribution is -2.09. The van der Waals surface area contributed by atoms with Gasteiger partial charge in [-0.15, -0.1) is 0 Å². The second kappa shape index (κ2) is 5.43. The van der Waals surface area contributed by atoms with Gasteiger partial charge in [-0.1, -0.05) is 0 Å². The van der Waals surface area contributed by atoms with Gasteiger partial charge in [0.2, 0.25) is 5.95 Å². The molecule has 0 fully saturated rings. The number of nitrogens with zero attached hydrogens (tertiary/aromatic N) is 4. The number of rotatable bonds is 5. The van der Waals surface area contributed by atoms with Crippen LogP contribution in [0, 0.1) is 13.8 Å². The highest BCUT2D eigenvalue weighted by atomic mass is 15.1. The first-order valence-corrected chi connectivity index (χ1v) is 5.76. The fourth-order valence-electron chi connectivity index (χ4n) is 1.69. The van der Waals surface area contributed by atoms with Crippen molar-refractivity contribution in [2.45, 2.75) is 26.8 Å². The number of nitrogens with one attached hydrogen (secondary N) is 1. The molecule has 0 saturated heterocycles. The second-order valence-corrected chi connectivity index (χ2v) is 4.06.